The van der Waals surface area contributed by atoms with E-state index < -0.39 is 0 Å². The number of thiophene rings is 1. The number of carbonyl (C=O) groups is 1. The third kappa shape index (κ3) is 3.41. The van der Waals surface area contributed by atoms with Crippen molar-refractivity contribution in [3.8, 4) is 0 Å². The minimum atomic E-state index is 0.0808. The van der Waals surface area contributed by atoms with Gasteiger partial charge < -0.3 is 10.1 Å². The van der Waals surface area contributed by atoms with Gasteiger partial charge in [0.15, 0.2) is 0 Å². The summed E-state index contributed by atoms with van der Waals surface area (Å²) in [5, 5.41) is 3.03. The highest BCUT2D eigenvalue weighted by Crippen LogP contribution is 2.28. The van der Waals surface area contributed by atoms with E-state index in [1.165, 1.54) is 36.1 Å². The highest BCUT2D eigenvalue weighted by molar-refractivity contribution is 7.14. The van der Waals surface area contributed by atoms with E-state index in [1.807, 2.05) is 0 Å². The zero-order valence-electron chi connectivity index (χ0n) is 12.0. The predicted octanol–water partition coefficient (Wildman–Crippen LogP) is 3.32. The van der Waals surface area contributed by atoms with Crippen molar-refractivity contribution >= 4 is 17.2 Å². The predicted molar refractivity (Wildman–Crippen MR) is 81.5 cm³/mol. The molecule has 3 nitrogen and oxygen atoms in total. The van der Waals surface area contributed by atoms with E-state index in [1.54, 1.807) is 11.3 Å². The van der Waals surface area contributed by atoms with Crippen LogP contribution in [0.3, 0.4) is 0 Å². The fourth-order valence-electron chi connectivity index (χ4n) is 3.06. The Labute approximate surface area is 124 Å². The molecule has 1 aliphatic heterocycles. The maximum Gasteiger partial charge on any atom is 0.261 e. The van der Waals surface area contributed by atoms with Crippen LogP contribution in [0.1, 0.15) is 58.6 Å². The molecule has 1 unspecified atom stereocenters. The number of rotatable bonds is 3. The molecule has 0 saturated carbocycles. The number of ether oxygens (including phenoxy) is 1. The standard InChI is InChI=1S/C16H23NO2S/c18-16(17-11-13-7-5-9-19-13)15-10-12-6-3-1-2-4-8-14(12)20-15/h10,13H,1-9,11H2,(H,17,18). The lowest BCUT2D eigenvalue weighted by atomic mass is 10.00. The maximum absolute atomic E-state index is 12.2. The summed E-state index contributed by atoms with van der Waals surface area (Å²) in [6.07, 6.45) is 9.90. The molecular weight excluding hydrogens is 270 g/mol. The lowest BCUT2D eigenvalue weighted by Crippen LogP contribution is -2.31. The molecule has 20 heavy (non-hydrogen) atoms. The van der Waals surface area contributed by atoms with E-state index in [-0.39, 0.29) is 12.0 Å². The lowest BCUT2D eigenvalue weighted by molar-refractivity contribution is 0.0861. The normalized spacial score (nSPS) is 22.9. The Morgan fingerprint density at radius 2 is 2.10 bits per heavy atom. The monoisotopic (exact) mass is 293 g/mol. The molecule has 0 radical (unpaired) electrons. The summed E-state index contributed by atoms with van der Waals surface area (Å²) >= 11 is 1.70. The summed E-state index contributed by atoms with van der Waals surface area (Å²) in [6.45, 7) is 1.50. The Morgan fingerprint density at radius 3 is 2.90 bits per heavy atom. The molecule has 1 fully saturated rings. The van der Waals surface area contributed by atoms with Gasteiger partial charge in [-0.1, -0.05) is 12.8 Å². The highest BCUT2D eigenvalue weighted by atomic mass is 32.1. The smallest absolute Gasteiger partial charge is 0.261 e. The number of aryl methyl sites for hydroxylation is 2. The van der Waals surface area contributed by atoms with Crippen molar-refractivity contribution in [1.29, 1.82) is 0 Å². The molecule has 2 heterocycles. The Kier molecular flexibility index (Phi) is 4.73. The molecule has 4 heteroatoms. The summed E-state index contributed by atoms with van der Waals surface area (Å²) in [6, 6.07) is 2.12. The van der Waals surface area contributed by atoms with Crippen LogP contribution in [0.2, 0.25) is 0 Å². The number of amides is 1. The molecule has 0 aromatic carbocycles. The highest BCUT2D eigenvalue weighted by Gasteiger charge is 2.19. The first-order chi connectivity index (χ1) is 9.83. The number of hydrogen-bond acceptors (Lipinski definition) is 3. The first-order valence-corrected chi connectivity index (χ1v) is 8.66. The quantitative estimate of drug-likeness (QED) is 0.928. The van der Waals surface area contributed by atoms with Gasteiger partial charge in [0.1, 0.15) is 0 Å². The minimum Gasteiger partial charge on any atom is -0.376 e. The molecule has 1 aromatic rings. The van der Waals surface area contributed by atoms with Gasteiger partial charge in [-0.25, -0.2) is 0 Å². The van der Waals surface area contributed by atoms with E-state index in [9.17, 15) is 4.79 Å². The van der Waals surface area contributed by atoms with Gasteiger partial charge in [-0.05, 0) is 50.2 Å². The summed E-state index contributed by atoms with van der Waals surface area (Å²) < 4.78 is 5.54. The van der Waals surface area contributed by atoms with E-state index in [2.05, 4.69) is 11.4 Å². The summed E-state index contributed by atoms with van der Waals surface area (Å²) in [7, 11) is 0. The van der Waals surface area contributed by atoms with Crippen LogP contribution in [0.4, 0.5) is 0 Å². The van der Waals surface area contributed by atoms with Gasteiger partial charge in [0.2, 0.25) is 0 Å². The van der Waals surface area contributed by atoms with Gasteiger partial charge in [-0.2, -0.15) is 0 Å². The molecular formula is C16H23NO2S. The number of carbonyl (C=O) groups excluding carboxylic acids is 1. The van der Waals surface area contributed by atoms with Crippen LogP contribution in [0.15, 0.2) is 6.07 Å². The van der Waals surface area contributed by atoms with Crippen LogP contribution >= 0.6 is 11.3 Å². The van der Waals surface area contributed by atoms with Crippen LogP contribution in [0.25, 0.3) is 0 Å². The molecule has 1 amide bonds. The topological polar surface area (TPSA) is 38.3 Å². The number of nitrogens with one attached hydrogen (secondary N) is 1. The van der Waals surface area contributed by atoms with Gasteiger partial charge in [-0.15, -0.1) is 11.3 Å². The molecule has 1 N–H and O–H groups in total. The Balaban J connectivity index is 1.60. The molecule has 0 spiro atoms. The van der Waals surface area contributed by atoms with Crippen molar-refractivity contribution in [1.82, 2.24) is 5.32 Å². The summed E-state index contributed by atoms with van der Waals surface area (Å²) in [5.74, 6) is 0.0808. The van der Waals surface area contributed by atoms with Crippen molar-refractivity contribution in [2.24, 2.45) is 0 Å². The van der Waals surface area contributed by atoms with Gasteiger partial charge in [0.25, 0.3) is 5.91 Å². The van der Waals surface area contributed by atoms with Crippen molar-refractivity contribution in [3.05, 3.63) is 21.4 Å². The zero-order chi connectivity index (χ0) is 13.8. The van der Waals surface area contributed by atoms with Gasteiger partial charge in [0.05, 0.1) is 11.0 Å². The van der Waals surface area contributed by atoms with E-state index in [4.69, 9.17) is 4.74 Å². The van der Waals surface area contributed by atoms with Crippen LogP contribution in [0, 0.1) is 0 Å². The van der Waals surface area contributed by atoms with Crippen LogP contribution in [-0.2, 0) is 17.6 Å². The van der Waals surface area contributed by atoms with Gasteiger partial charge >= 0.3 is 0 Å². The fourth-order valence-corrected chi connectivity index (χ4v) is 4.23. The second-order valence-electron chi connectivity index (χ2n) is 5.82. The van der Waals surface area contributed by atoms with Gasteiger partial charge in [-0.3, -0.25) is 4.79 Å². The van der Waals surface area contributed by atoms with E-state index >= 15 is 0 Å². The molecule has 0 bridgehead atoms. The van der Waals surface area contributed by atoms with Crippen molar-refractivity contribution in [3.63, 3.8) is 0 Å². The zero-order valence-corrected chi connectivity index (χ0v) is 12.8. The molecule has 110 valence electrons. The van der Waals surface area contributed by atoms with E-state index in [0.717, 1.165) is 37.2 Å². The molecule has 1 saturated heterocycles. The number of hydrogen-bond donors (Lipinski definition) is 1. The summed E-state index contributed by atoms with van der Waals surface area (Å²) in [5.41, 5.74) is 1.41. The first kappa shape index (κ1) is 14.1. The Bertz CT molecular complexity index is 438. The lowest BCUT2D eigenvalue weighted by Gasteiger charge is -2.09. The largest absolute Gasteiger partial charge is 0.376 e. The second-order valence-corrected chi connectivity index (χ2v) is 6.96. The number of fused-ring (bicyclic) bond motifs is 1. The van der Waals surface area contributed by atoms with Crippen LogP contribution in [0.5, 0.6) is 0 Å². The molecule has 3 rings (SSSR count). The first-order valence-electron chi connectivity index (χ1n) is 7.84. The third-order valence-corrected chi connectivity index (χ3v) is 5.47. The van der Waals surface area contributed by atoms with Crippen molar-refractivity contribution in [2.75, 3.05) is 13.2 Å². The molecule has 2 aliphatic rings. The van der Waals surface area contributed by atoms with E-state index in [0.29, 0.717) is 6.54 Å². The average molecular weight is 293 g/mol. The van der Waals surface area contributed by atoms with Crippen LogP contribution < -0.4 is 5.32 Å². The van der Waals surface area contributed by atoms with Crippen molar-refractivity contribution < 1.29 is 9.53 Å². The molecule has 1 aromatic heterocycles. The second kappa shape index (κ2) is 6.72. The van der Waals surface area contributed by atoms with Gasteiger partial charge in [0, 0.05) is 18.0 Å². The maximum atomic E-state index is 12.2. The minimum absolute atomic E-state index is 0.0808. The van der Waals surface area contributed by atoms with Crippen LogP contribution in [-0.4, -0.2) is 25.2 Å². The Hall–Kier alpha value is -0.870. The SMILES string of the molecule is O=C(NCC1CCCO1)c1cc2c(s1)CCCCCC2. The summed E-state index contributed by atoms with van der Waals surface area (Å²) in [4.78, 5) is 14.6. The molecule has 1 aliphatic carbocycles. The molecule has 1 atom stereocenters. The Morgan fingerprint density at radius 1 is 1.25 bits per heavy atom. The average Bonchev–Trinajstić information content (AvgIpc) is 3.06. The fraction of sp³-hybridized carbons (Fsp3) is 0.688. The third-order valence-electron chi connectivity index (χ3n) is 4.23. The van der Waals surface area contributed by atoms with Crippen molar-refractivity contribution in [2.45, 2.75) is 57.5 Å².